The Morgan fingerprint density at radius 2 is 1.82 bits per heavy atom. The number of halogens is 2. The maximum atomic E-state index is 14.9. The molecule has 3 heterocycles. The van der Waals surface area contributed by atoms with Gasteiger partial charge in [-0.15, -0.1) is 0 Å². The average molecular weight is 449 g/mol. The number of nitrogens with one attached hydrogen (secondary N) is 1. The highest BCUT2D eigenvalue weighted by molar-refractivity contribution is 5.63. The third-order valence-electron chi connectivity index (χ3n) is 5.91. The van der Waals surface area contributed by atoms with Crippen molar-refractivity contribution in [3.63, 3.8) is 0 Å². The van der Waals surface area contributed by atoms with E-state index < -0.39 is 5.82 Å². The Hall–Kier alpha value is -3.68. The Morgan fingerprint density at radius 3 is 2.52 bits per heavy atom. The van der Waals surface area contributed by atoms with Crippen molar-refractivity contribution in [1.29, 1.82) is 5.26 Å². The van der Waals surface area contributed by atoms with E-state index in [2.05, 4.69) is 30.1 Å². The molecule has 0 unspecified atom stereocenters. The predicted molar refractivity (Wildman–Crippen MR) is 118 cm³/mol. The smallest absolute Gasteiger partial charge is 0.230 e. The molecule has 2 aromatic carbocycles. The third kappa shape index (κ3) is 4.46. The molecule has 0 aliphatic carbocycles. The summed E-state index contributed by atoms with van der Waals surface area (Å²) in [6.45, 7) is 4.87. The third-order valence-corrected chi connectivity index (χ3v) is 5.91. The lowest BCUT2D eigenvalue weighted by Gasteiger charge is -2.43. The molecule has 0 radical (unpaired) electrons. The minimum atomic E-state index is -0.609. The van der Waals surface area contributed by atoms with Crippen molar-refractivity contribution < 1.29 is 13.5 Å². The summed E-state index contributed by atoms with van der Waals surface area (Å²) in [5.74, 6) is -0.447. The monoisotopic (exact) mass is 449 g/mol. The fraction of sp³-hybridized carbons (Fsp3) is 0.304. The number of nitriles is 1. The van der Waals surface area contributed by atoms with Gasteiger partial charge in [-0.25, -0.2) is 18.7 Å². The van der Waals surface area contributed by atoms with Crippen molar-refractivity contribution in [3.05, 3.63) is 59.9 Å². The molecule has 0 amide bonds. The number of piperazine rings is 1. The zero-order valence-corrected chi connectivity index (χ0v) is 17.7. The number of nitrogens with zero attached hydrogens (tertiary/aromatic N) is 6. The van der Waals surface area contributed by atoms with Crippen LogP contribution in [0.15, 0.2) is 42.7 Å². The molecular formula is C23H21F2N7O. The van der Waals surface area contributed by atoms with Gasteiger partial charge in [0.1, 0.15) is 24.0 Å². The fourth-order valence-corrected chi connectivity index (χ4v) is 3.98. The number of rotatable bonds is 5. The van der Waals surface area contributed by atoms with Gasteiger partial charge in [0.15, 0.2) is 5.82 Å². The molecule has 10 heteroatoms. The molecule has 5 rings (SSSR count). The van der Waals surface area contributed by atoms with Gasteiger partial charge in [0, 0.05) is 37.4 Å². The second-order valence-corrected chi connectivity index (χ2v) is 7.94. The predicted octanol–water partition coefficient (Wildman–Crippen LogP) is 2.95. The Kier molecular flexibility index (Phi) is 5.81. The highest BCUT2D eigenvalue weighted by Gasteiger charge is 2.29. The number of ether oxygens (including phenoxy) is 1. The van der Waals surface area contributed by atoms with Crippen molar-refractivity contribution in [2.75, 3.05) is 49.6 Å². The number of aromatic nitrogens is 3. The van der Waals surface area contributed by atoms with E-state index in [4.69, 9.17) is 10.00 Å². The van der Waals surface area contributed by atoms with Gasteiger partial charge in [0.2, 0.25) is 5.95 Å². The molecule has 2 aliphatic rings. The first kappa shape index (κ1) is 21.2. The van der Waals surface area contributed by atoms with Gasteiger partial charge in [-0.3, -0.25) is 4.90 Å². The zero-order chi connectivity index (χ0) is 22.8. The molecule has 0 bridgehead atoms. The van der Waals surface area contributed by atoms with Gasteiger partial charge in [-0.05, 0) is 36.4 Å². The Morgan fingerprint density at radius 1 is 1.00 bits per heavy atom. The molecule has 2 fully saturated rings. The van der Waals surface area contributed by atoms with Crippen molar-refractivity contribution in [3.8, 4) is 17.5 Å². The average Bonchev–Trinajstić information content (AvgIpc) is 2.79. The van der Waals surface area contributed by atoms with E-state index in [0.717, 1.165) is 39.4 Å². The van der Waals surface area contributed by atoms with E-state index in [1.807, 2.05) is 0 Å². The van der Waals surface area contributed by atoms with Crippen molar-refractivity contribution >= 4 is 17.3 Å². The number of hydrogen-bond donors (Lipinski definition) is 1. The van der Waals surface area contributed by atoms with Crippen LogP contribution >= 0.6 is 0 Å². The Labute approximate surface area is 189 Å². The summed E-state index contributed by atoms with van der Waals surface area (Å²) in [6.07, 6.45) is 1.30. The molecule has 0 atom stereocenters. The lowest BCUT2D eigenvalue weighted by atomic mass is 10.1. The standard InChI is InChI=1S/C23H21F2N7O/c24-19-3-1-15(9-16(19)11-26)22-27-14-28-23(30-22)29-17-2-4-21(20(25)10-17)32-7-5-31(6-8-32)18-12-33-13-18/h1-4,9-10,14,18H,5-8,12-13H2,(H,27,28,29,30). The molecular weight excluding hydrogens is 428 g/mol. The lowest BCUT2D eigenvalue weighted by molar-refractivity contribution is -0.0660. The van der Waals surface area contributed by atoms with Crippen molar-refractivity contribution in [1.82, 2.24) is 19.9 Å². The molecule has 1 N–H and O–H groups in total. The first-order valence-electron chi connectivity index (χ1n) is 10.6. The zero-order valence-electron chi connectivity index (χ0n) is 17.7. The summed E-state index contributed by atoms with van der Waals surface area (Å²) < 4.78 is 33.8. The SMILES string of the molecule is N#Cc1cc(-c2ncnc(Nc3ccc(N4CCN(C5COC5)CC4)c(F)c3)n2)ccc1F. The molecule has 3 aromatic rings. The van der Waals surface area contributed by atoms with Gasteiger partial charge in [-0.2, -0.15) is 10.2 Å². The Bertz CT molecular complexity index is 1200. The van der Waals surface area contributed by atoms with E-state index >= 15 is 0 Å². The quantitative estimate of drug-likeness (QED) is 0.636. The number of hydrogen-bond acceptors (Lipinski definition) is 8. The maximum absolute atomic E-state index is 14.9. The van der Waals surface area contributed by atoms with E-state index in [-0.39, 0.29) is 23.2 Å². The first-order chi connectivity index (χ1) is 16.1. The van der Waals surface area contributed by atoms with Crippen LogP contribution in [0.5, 0.6) is 0 Å². The van der Waals surface area contributed by atoms with Crippen LogP contribution in [0.4, 0.5) is 26.1 Å². The molecule has 2 saturated heterocycles. The summed E-state index contributed by atoms with van der Waals surface area (Å²) in [5, 5.41) is 12.0. The van der Waals surface area contributed by atoms with E-state index in [1.165, 1.54) is 30.6 Å². The minimum Gasteiger partial charge on any atom is -0.378 e. The first-order valence-corrected chi connectivity index (χ1v) is 10.6. The molecule has 8 nitrogen and oxygen atoms in total. The second kappa shape index (κ2) is 9.05. The molecule has 0 saturated carbocycles. The fourth-order valence-electron chi connectivity index (χ4n) is 3.98. The summed E-state index contributed by atoms with van der Waals surface area (Å²) in [6, 6.07) is 11.3. The van der Waals surface area contributed by atoms with Crippen LogP contribution in [-0.2, 0) is 4.74 Å². The Balaban J connectivity index is 1.28. The second-order valence-electron chi connectivity index (χ2n) is 7.94. The van der Waals surface area contributed by atoms with Crippen LogP contribution in [0.2, 0.25) is 0 Å². The summed E-state index contributed by atoms with van der Waals surface area (Å²) in [5.41, 5.74) is 1.45. The molecule has 2 aliphatic heterocycles. The van der Waals surface area contributed by atoms with Crippen LogP contribution in [-0.4, -0.2) is 65.3 Å². The van der Waals surface area contributed by atoms with Gasteiger partial charge in [0.05, 0.1) is 30.5 Å². The van der Waals surface area contributed by atoms with Gasteiger partial charge < -0.3 is 15.0 Å². The molecule has 168 valence electrons. The van der Waals surface area contributed by atoms with Crippen LogP contribution in [0.3, 0.4) is 0 Å². The highest BCUT2D eigenvalue weighted by Crippen LogP contribution is 2.26. The minimum absolute atomic E-state index is 0.0954. The molecule has 33 heavy (non-hydrogen) atoms. The normalized spacial score (nSPS) is 16.8. The molecule has 0 spiro atoms. The van der Waals surface area contributed by atoms with Crippen LogP contribution in [0.25, 0.3) is 11.4 Å². The summed E-state index contributed by atoms with van der Waals surface area (Å²) in [7, 11) is 0. The van der Waals surface area contributed by atoms with E-state index in [9.17, 15) is 8.78 Å². The molecule has 1 aromatic heterocycles. The maximum Gasteiger partial charge on any atom is 0.230 e. The van der Waals surface area contributed by atoms with Crippen molar-refractivity contribution in [2.45, 2.75) is 6.04 Å². The van der Waals surface area contributed by atoms with Crippen LogP contribution in [0, 0.1) is 23.0 Å². The topological polar surface area (TPSA) is 90.2 Å². The van der Waals surface area contributed by atoms with Gasteiger partial charge in [-0.1, -0.05) is 0 Å². The number of benzene rings is 2. The number of anilines is 3. The van der Waals surface area contributed by atoms with Crippen LogP contribution in [0.1, 0.15) is 5.56 Å². The highest BCUT2D eigenvalue weighted by atomic mass is 19.1. The van der Waals surface area contributed by atoms with Gasteiger partial charge >= 0.3 is 0 Å². The van der Waals surface area contributed by atoms with E-state index in [0.29, 0.717) is 23.0 Å². The largest absolute Gasteiger partial charge is 0.378 e. The van der Waals surface area contributed by atoms with E-state index in [1.54, 1.807) is 18.2 Å². The van der Waals surface area contributed by atoms with Gasteiger partial charge in [0.25, 0.3) is 0 Å². The van der Waals surface area contributed by atoms with Crippen molar-refractivity contribution in [2.24, 2.45) is 0 Å². The summed E-state index contributed by atoms with van der Waals surface area (Å²) >= 11 is 0. The van der Waals surface area contributed by atoms with Crippen LogP contribution < -0.4 is 10.2 Å². The summed E-state index contributed by atoms with van der Waals surface area (Å²) in [4.78, 5) is 16.9. The lowest BCUT2D eigenvalue weighted by Crippen LogP contribution is -2.56.